The lowest BCUT2D eigenvalue weighted by Gasteiger charge is -2.11. The predicted octanol–water partition coefficient (Wildman–Crippen LogP) is 2.66. The number of benzene rings is 2. The Balaban J connectivity index is 2.47. The smallest absolute Gasteiger partial charge is 0.335 e. The molecular formula is C23H14N2O4. The molecule has 0 fully saturated rings. The van der Waals surface area contributed by atoms with Gasteiger partial charge in [0, 0.05) is 16.6 Å². The average molecular weight is 382 g/mol. The maximum Gasteiger partial charge on any atom is 0.335 e. The maximum atomic E-state index is 11.6. The van der Waals surface area contributed by atoms with Gasteiger partial charge in [0.25, 0.3) is 0 Å². The summed E-state index contributed by atoms with van der Waals surface area (Å²) in [4.78, 5) is 23.0. The number of nitrogen functional groups attached to an aromatic ring is 1. The standard InChI is InChI=1S/C23H14N2O4/c1-2-3-4-5-8-17-16-12-11-15(23(28)29)13-20(16)25(14-21(26)27)22(17)18-9-6-7-10-19(18)24/h1,6-7,9-13H,14,24H2,(H,26,27)(H,28,29). The molecule has 0 bridgehead atoms. The average Bonchev–Trinajstić information content (AvgIpc) is 2.98. The molecule has 0 radical (unpaired) electrons. The number of aromatic carboxylic acids is 1. The first-order valence-corrected chi connectivity index (χ1v) is 8.37. The Kier molecular flexibility index (Phi) is 5.26. The third-order valence-electron chi connectivity index (χ3n) is 4.21. The van der Waals surface area contributed by atoms with Crippen LogP contribution in [-0.2, 0) is 11.3 Å². The van der Waals surface area contributed by atoms with E-state index in [1.54, 1.807) is 30.3 Å². The first kappa shape index (κ1) is 19.2. The number of terminal acetylenes is 1. The molecule has 0 aliphatic heterocycles. The molecular weight excluding hydrogens is 368 g/mol. The van der Waals surface area contributed by atoms with Crippen LogP contribution in [0.3, 0.4) is 0 Å². The second-order valence-electron chi connectivity index (χ2n) is 5.97. The molecule has 0 unspecified atom stereocenters. The second kappa shape index (κ2) is 7.96. The summed E-state index contributed by atoms with van der Waals surface area (Å²) in [5, 5.41) is 19.4. The predicted molar refractivity (Wildman–Crippen MR) is 110 cm³/mol. The van der Waals surface area contributed by atoms with E-state index in [1.807, 2.05) is 0 Å². The van der Waals surface area contributed by atoms with Gasteiger partial charge in [-0.05, 0) is 47.8 Å². The van der Waals surface area contributed by atoms with Crippen LogP contribution in [0.5, 0.6) is 0 Å². The number of para-hydroxylation sites is 1. The summed E-state index contributed by atoms with van der Waals surface area (Å²) >= 11 is 0. The number of hydrogen-bond donors (Lipinski definition) is 3. The van der Waals surface area contributed by atoms with Crippen molar-refractivity contribution >= 4 is 28.5 Å². The van der Waals surface area contributed by atoms with Crippen molar-refractivity contribution in [3.8, 4) is 47.3 Å². The van der Waals surface area contributed by atoms with Crippen molar-refractivity contribution in [3.05, 3.63) is 53.6 Å². The van der Waals surface area contributed by atoms with Crippen molar-refractivity contribution < 1.29 is 19.8 Å². The Hall–Kier alpha value is -4.60. The zero-order valence-electron chi connectivity index (χ0n) is 15.1. The van der Waals surface area contributed by atoms with Crippen LogP contribution in [0.25, 0.3) is 22.2 Å². The highest BCUT2D eigenvalue weighted by Gasteiger charge is 2.21. The highest BCUT2D eigenvalue weighted by Crippen LogP contribution is 2.36. The van der Waals surface area contributed by atoms with E-state index in [-0.39, 0.29) is 5.56 Å². The Morgan fingerprint density at radius 1 is 1.07 bits per heavy atom. The van der Waals surface area contributed by atoms with Crippen LogP contribution >= 0.6 is 0 Å². The van der Waals surface area contributed by atoms with Crippen LogP contribution in [-0.4, -0.2) is 26.7 Å². The first-order valence-electron chi connectivity index (χ1n) is 8.37. The molecule has 0 aliphatic rings. The second-order valence-corrected chi connectivity index (χ2v) is 5.97. The summed E-state index contributed by atoms with van der Waals surface area (Å²) in [6, 6.07) is 11.4. The molecule has 3 aromatic rings. The summed E-state index contributed by atoms with van der Waals surface area (Å²) in [7, 11) is 0. The minimum atomic E-state index is -1.12. The summed E-state index contributed by atoms with van der Waals surface area (Å²) in [5.74, 6) is 10.5. The Labute approximate surface area is 166 Å². The number of aliphatic carboxylic acids is 1. The lowest BCUT2D eigenvalue weighted by molar-refractivity contribution is -0.137. The SMILES string of the molecule is C#CC#CC#Cc1c(-c2ccccc2N)n(CC(=O)O)c2cc(C(=O)O)ccc12. The maximum absolute atomic E-state index is 11.6. The Bertz CT molecular complexity index is 1320. The van der Waals surface area contributed by atoms with Crippen molar-refractivity contribution in [2.75, 3.05) is 5.73 Å². The summed E-state index contributed by atoms with van der Waals surface area (Å²) in [6.45, 7) is -0.402. The molecule has 0 saturated carbocycles. The molecule has 3 rings (SSSR count). The van der Waals surface area contributed by atoms with Crippen molar-refractivity contribution in [1.29, 1.82) is 0 Å². The third-order valence-corrected chi connectivity index (χ3v) is 4.21. The van der Waals surface area contributed by atoms with E-state index in [0.29, 0.717) is 33.4 Å². The number of nitrogens with two attached hydrogens (primary N) is 1. The molecule has 29 heavy (non-hydrogen) atoms. The Morgan fingerprint density at radius 3 is 2.48 bits per heavy atom. The fourth-order valence-corrected chi connectivity index (χ4v) is 3.06. The molecule has 0 spiro atoms. The number of nitrogens with zero attached hydrogens (tertiary/aromatic N) is 1. The number of carbonyl (C=O) groups is 2. The van der Waals surface area contributed by atoms with E-state index in [4.69, 9.17) is 12.2 Å². The Morgan fingerprint density at radius 2 is 1.83 bits per heavy atom. The molecule has 6 heteroatoms. The molecule has 140 valence electrons. The molecule has 1 aromatic heterocycles. The zero-order valence-corrected chi connectivity index (χ0v) is 15.1. The number of aromatic nitrogens is 1. The van der Waals surface area contributed by atoms with Gasteiger partial charge < -0.3 is 20.5 Å². The summed E-state index contributed by atoms with van der Waals surface area (Å²) in [5.41, 5.74) is 8.55. The van der Waals surface area contributed by atoms with Crippen LogP contribution in [0, 0.1) is 36.0 Å². The van der Waals surface area contributed by atoms with Gasteiger partial charge in [-0.2, -0.15) is 0 Å². The van der Waals surface area contributed by atoms with E-state index >= 15 is 0 Å². The number of fused-ring (bicyclic) bond motifs is 1. The molecule has 0 amide bonds. The van der Waals surface area contributed by atoms with Gasteiger partial charge in [0.15, 0.2) is 0 Å². The van der Waals surface area contributed by atoms with E-state index in [9.17, 15) is 19.8 Å². The van der Waals surface area contributed by atoms with Crippen LogP contribution in [0.2, 0.25) is 0 Å². The van der Waals surface area contributed by atoms with Crippen molar-refractivity contribution in [1.82, 2.24) is 4.57 Å². The van der Waals surface area contributed by atoms with Gasteiger partial charge in [-0.3, -0.25) is 4.79 Å². The first-order chi connectivity index (χ1) is 13.9. The lowest BCUT2D eigenvalue weighted by atomic mass is 10.0. The number of rotatable bonds is 4. The highest BCUT2D eigenvalue weighted by atomic mass is 16.4. The van der Waals surface area contributed by atoms with Gasteiger partial charge in [0.2, 0.25) is 0 Å². The number of carboxylic acid groups (broad SMARTS) is 2. The van der Waals surface area contributed by atoms with Gasteiger partial charge in [0.05, 0.1) is 22.3 Å². The quantitative estimate of drug-likeness (QED) is 0.475. The number of hydrogen-bond acceptors (Lipinski definition) is 3. The number of anilines is 1. The lowest BCUT2D eigenvalue weighted by Crippen LogP contribution is -2.11. The normalized spacial score (nSPS) is 9.62. The highest BCUT2D eigenvalue weighted by molar-refractivity contribution is 6.01. The molecule has 4 N–H and O–H groups in total. The van der Waals surface area contributed by atoms with E-state index < -0.39 is 18.5 Å². The van der Waals surface area contributed by atoms with E-state index in [0.717, 1.165) is 0 Å². The molecule has 6 nitrogen and oxygen atoms in total. The fourth-order valence-electron chi connectivity index (χ4n) is 3.06. The molecule has 0 saturated heterocycles. The van der Waals surface area contributed by atoms with Crippen molar-refractivity contribution in [2.24, 2.45) is 0 Å². The van der Waals surface area contributed by atoms with Gasteiger partial charge in [-0.25, -0.2) is 4.79 Å². The van der Waals surface area contributed by atoms with Gasteiger partial charge in [-0.1, -0.05) is 24.3 Å². The van der Waals surface area contributed by atoms with Crippen LogP contribution in [0.1, 0.15) is 15.9 Å². The largest absolute Gasteiger partial charge is 0.480 e. The summed E-state index contributed by atoms with van der Waals surface area (Å²) in [6.07, 6.45) is 5.11. The zero-order chi connectivity index (χ0) is 21.0. The van der Waals surface area contributed by atoms with Gasteiger partial charge in [-0.15, -0.1) is 6.42 Å². The van der Waals surface area contributed by atoms with E-state index in [1.165, 1.54) is 16.7 Å². The van der Waals surface area contributed by atoms with Gasteiger partial charge >= 0.3 is 11.9 Å². The minimum Gasteiger partial charge on any atom is -0.480 e. The van der Waals surface area contributed by atoms with Crippen LogP contribution < -0.4 is 5.73 Å². The molecule has 0 atom stereocenters. The van der Waals surface area contributed by atoms with Crippen LogP contribution in [0.15, 0.2) is 42.5 Å². The molecule has 0 aliphatic carbocycles. The van der Waals surface area contributed by atoms with Gasteiger partial charge in [0.1, 0.15) is 6.54 Å². The monoisotopic (exact) mass is 382 g/mol. The van der Waals surface area contributed by atoms with E-state index in [2.05, 4.69) is 29.6 Å². The van der Waals surface area contributed by atoms with Crippen molar-refractivity contribution in [2.45, 2.75) is 6.54 Å². The van der Waals surface area contributed by atoms with Crippen LogP contribution in [0.4, 0.5) is 5.69 Å². The van der Waals surface area contributed by atoms with Crippen molar-refractivity contribution in [3.63, 3.8) is 0 Å². The topological polar surface area (TPSA) is 106 Å². The molecule has 2 aromatic carbocycles. The summed E-state index contributed by atoms with van der Waals surface area (Å²) < 4.78 is 1.49. The number of carboxylic acids is 2. The molecule has 1 heterocycles. The minimum absolute atomic E-state index is 0.0286. The fraction of sp³-hybridized carbons (Fsp3) is 0.0435. The third kappa shape index (κ3) is 3.76.